The molecule has 0 bridgehead atoms. The van der Waals surface area contributed by atoms with Crippen LogP contribution in [0.25, 0.3) is 0 Å². The molecule has 53 valence electrons. The molecule has 0 aliphatic rings. The fourth-order valence-electron chi connectivity index (χ4n) is 0. The molecule has 1 radical (unpaired) electrons. The van der Waals surface area contributed by atoms with Crippen LogP contribution in [-0.2, 0) is 33.7 Å². The van der Waals surface area contributed by atoms with E-state index in [9.17, 15) is 0 Å². The summed E-state index contributed by atoms with van der Waals surface area (Å²) in [5.74, 6) is 0. The Bertz CT molecular complexity index is 35.9. The molecule has 0 amide bonds. The van der Waals surface area contributed by atoms with E-state index >= 15 is 0 Å². The van der Waals surface area contributed by atoms with Crippen molar-refractivity contribution in [2.75, 3.05) is 0 Å². The SMILES string of the molecule is N.N.O=S(O)O.[Au]. The Kier molecular flexibility index (Phi) is 57.1. The monoisotopic (exact) mass is 313 g/mol. The molecule has 5 nitrogen and oxygen atoms in total. The van der Waals surface area contributed by atoms with Crippen molar-refractivity contribution in [2.45, 2.75) is 0 Å². The molecule has 0 aliphatic heterocycles. The zero-order chi connectivity index (χ0) is 3.58. The Hall–Kier alpha value is 0.730. The van der Waals surface area contributed by atoms with Crippen LogP contribution in [0.2, 0.25) is 0 Å². The second kappa shape index (κ2) is 15.9. The molecular weight excluding hydrogens is 305 g/mol. The van der Waals surface area contributed by atoms with Gasteiger partial charge in [0.25, 0.3) is 11.4 Å². The quantitative estimate of drug-likeness (QED) is 0.370. The fourth-order valence-corrected chi connectivity index (χ4v) is 0. The van der Waals surface area contributed by atoms with Crippen LogP contribution in [0.1, 0.15) is 0 Å². The second-order valence-corrected chi connectivity index (χ2v) is 0.692. The van der Waals surface area contributed by atoms with Gasteiger partial charge >= 0.3 is 0 Å². The van der Waals surface area contributed by atoms with E-state index in [0.717, 1.165) is 0 Å². The molecule has 0 aliphatic carbocycles. The van der Waals surface area contributed by atoms with Gasteiger partial charge in [-0.2, -0.15) is 4.21 Å². The molecule has 8 N–H and O–H groups in total. The van der Waals surface area contributed by atoms with Crippen molar-refractivity contribution in [2.24, 2.45) is 0 Å². The maximum absolute atomic E-state index is 8.67. The van der Waals surface area contributed by atoms with Crippen molar-refractivity contribution in [3.8, 4) is 0 Å². The number of rotatable bonds is 0. The zero-order valence-corrected chi connectivity index (χ0v) is 6.41. The van der Waals surface area contributed by atoms with Gasteiger partial charge in [0.2, 0.25) is 0 Å². The van der Waals surface area contributed by atoms with Crippen molar-refractivity contribution in [3.63, 3.8) is 0 Å². The van der Waals surface area contributed by atoms with Gasteiger partial charge in [-0.15, -0.1) is 0 Å². The third kappa shape index (κ3) is 282. The van der Waals surface area contributed by atoms with Crippen molar-refractivity contribution < 1.29 is 35.7 Å². The predicted octanol–water partition coefficient (Wildman–Crippen LogP) is 0.00260. The third-order valence-corrected chi connectivity index (χ3v) is 0. The van der Waals surface area contributed by atoms with Crippen LogP contribution in [0.5, 0.6) is 0 Å². The Balaban J connectivity index is -0.0000000150. The van der Waals surface area contributed by atoms with Gasteiger partial charge in [-0.1, -0.05) is 0 Å². The molecule has 0 heterocycles. The summed E-state index contributed by atoms with van der Waals surface area (Å²) in [5.41, 5.74) is 0. The number of hydrogen-bond acceptors (Lipinski definition) is 3. The van der Waals surface area contributed by atoms with Gasteiger partial charge in [-0.3, -0.25) is 9.11 Å². The van der Waals surface area contributed by atoms with E-state index in [4.69, 9.17) is 13.3 Å². The molecule has 7 heteroatoms. The molecule has 0 aromatic heterocycles. The normalized spacial score (nSPS) is 5.00. The predicted molar refractivity (Wildman–Crippen MR) is 23.4 cm³/mol. The summed E-state index contributed by atoms with van der Waals surface area (Å²) >= 11 is -2.61. The zero-order valence-electron chi connectivity index (χ0n) is 3.43. The molecule has 0 spiro atoms. The Morgan fingerprint density at radius 2 is 1.14 bits per heavy atom. The van der Waals surface area contributed by atoms with Crippen LogP contribution in [-0.4, -0.2) is 13.3 Å². The molecule has 0 atom stereocenters. The van der Waals surface area contributed by atoms with Gasteiger partial charge in [0, 0.05) is 22.4 Å². The molecule has 0 saturated carbocycles. The Morgan fingerprint density at radius 3 is 1.14 bits per heavy atom. The first-order chi connectivity index (χ1) is 1.73. The van der Waals surface area contributed by atoms with Gasteiger partial charge < -0.3 is 12.3 Å². The maximum Gasteiger partial charge on any atom is 0.299 e. The minimum atomic E-state index is -2.61. The first-order valence-corrected chi connectivity index (χ1v) is 1.60. The summed E-state index contributed by atoms with van der Waals surface area (Å²) in [6, 6.07) is 0. The summed E-state index contributed by atoms with van der Waals surface area (Å²) in [6.07, 6.45) is 0. The summed E-state index contributed by atoms with van der Waals surface area (Å²) < 4.78 is 22.8. The minimum absolute atomic E-state index is 0. The van der Waals surface area contributed by atoms with Gasteiger partial charge in [0.05, 0.1) is 0 Å². The average molecular weight is 313 g/mol. The van der Waals surface area contributed by atoms with Gasteiger partial charge in [0.1, 0.15) is 0 Å². The molecule has 0 fully saturated rings. The third-order valence-electron chi connectivity index (χ3n) is 0. The summed E-state index contributed by atoms with van der Waals surface area (Å²) in [5, 5.41) is 0. The van der Waals surface area contributed by atoms with Crippen molar-refractivity contribution in [1.29, 1.82) is 0 Å². The Morgan fingerprint density at radius 1 is 1.14 bits per heavy atom. The fraction of sp³-hybridized carbons (Fsp3) is 0. The van der Waals surface area contributed by atoms with Gasteiger partial charge in [-0.05, 0) is 0 Å². The first-order valence-electron chi connectivity index (χ1n) is 0.532. The first kappa shape index (κ1) is 25.2. The summed E-state index contributed by atoms with van der Waals surface area (Å²) in [4.78, 5) is 0. The summed E-state index contributed by atoms with van der Waals surface area (Å²) in [7, 11) is 0. The topological polar surface area (TPSA) is 128 Å². The smallest absolute Gasteiger partial charge is 0.299 e. The van der Waals surface area contributed by atoms with E-state index in [1.165, 1.54) is 0 Å². The van der Waals surface area contributed by atoms with Crippen molar-refractivity contribution >= 4 is 11.4 Å². The van der Waals surface area contributed by atoms with Crippen LogP contribution >= 0.6 is 0 Å². The molecule has 0 saturated heterocycles. The molecular formula is H8AuN2O3S. The van der Waals surface area contributed by atoms with E-state index in [0.29, 0.717) is 0 Å². The van der Waals surface area contributed by atoms with E-state index < -0.39 is 11.4 Å². The molecule has 0 aromatic carbocycles. The van der Waals surface area contributed by atoms with Crippen LogP contribution in [0.4, 0.5) is 0 Å². The van der Waals surface area contributed by atoms with Crippen molar-refractivity contribution in [1.82, 2.24) is 12.3 Å². The van der Waals surface area contributed by atoms with E-state index in [2.05, 4.69) is 0 Å². The average Bonchev–Trinajstić information content (AvgIpc) is 0.811. The van der Waals surface area contributed by atoms with E-state index in [-0.39, 0.29) is 34.7 Å². The van der Waals surface area contributed by atoms with Crippen LogP contribution in [0.15, 0.2) is 0 Å². The largest absolute Gasteiger partial charge is 0.344 e. The van der Waals surface area contributed by atoms with Crippen LogP contribution in [0, 0.1) is 0 Å². The molecule has 7 heavy (non-hydrogen) atoms. The van der Waals surface area contributed by atoms with Gasteiger partial charge in [-0.25, -0.2) is 0 Å². The van der Waals surface area contributed by atoms with E-state index in [1.807, 2.05) is 0 Å². The van der Waals surface area contributed by atoms with Gasteiger partial charge in [0.15, 0.2) is 0 Å². The second-order valence-electron chi connectivity index (χ2n) is 0.231. The molecule has 0 unspecified atom stereocenters. The molecule has 0 aromatic rings. The maximum atomic E-state index is 8.67. The van der Waals surface area contributed by atoms with Crippen LogP contribution < -0.4 is 12.3 Å². The number of hydrogen-bond donors (Lipinski definition) is 4. The molecule has 0 rings (SSSR count). The van der Waals surface area contributed by atoms with Crippen molar-refractivity contribution in [3.05, 3.63) is 0 Å². The Labute approximate surface area is 59.7 Å². The van der Waals surface area contributed by atoms with E-state index in [1.54, 1.807) is 0 Å². The van der Waals surface area contributed by atoms with Crippen LogP contribution in [0.3, 0.4) is 0 Å². The standard InChI is InChI=1S/Au.2H3N.H2O3S/c;;;1-4(2)3/h;2*1H3;(H2,1,2,3). The minimum Gasteiger partial charge on any atom is -0.344 e. The summed E-state index contributed by atoms with van der Waals surface area (Å²) in [6.45, 7) is 0.